The average Bonchev–Trinajstić information content (AvgIpc) is 2.74. The zero-order valence-corrected chi connectivity index (χ0v) is 13.5. The molecule has 0 aromatic carbocycles. The average molecular weight is 288 g/mol. The third-order valence-electron chi connectivity index (χ3n) is 8.05. The highest BCUT2D eigenvalue weighted by atomic mass is 16.1. The molecule has 0 aromatic rings. The van der Waals surface area contributed by atoms with Crippen molar-refractivity contribution in [3.63, 3.8) is 0 Å². The lowest BCUT2D eigenvalue weighted by Gasteiger charge is -2.59. The molecule has 0 aromatic heterocycles. The molecule has 6 atom stereocenters. The van der Waals surface area contributed by atoms with Crippen LogP contribution in [0, 0.1) is 34.5 Å². The van der Waals surface area contributed by atoms with Crippen LogP contribution in [0.4, 0.5) is 0 Å². The van der Waals surface area contributed by atoms with Crippen molar-refractivity contribution in [2.75, 3.05) is 0 Å². The Morgan fingerprint density at radius 1 is 0.905 bits per heavy atom. The molecule has 0 spiro atoms. The van der Waals surface area contributed by atoms with Crippen LogP contribution >= 0.6 is 0 Å². The van der Waals surface area contributed by atoms with E-state index in [-0.39, 0.29) is 0 Å². The Morgan fingerprint density at radius 2 is 1.71 bits per heavy atom. The summed E-state index contributed by atoms with van der Waals surface area (Å²) in [6.07, 6.45) is 9.45. The van der Waals surface area contributed by atoms with Crippen LogP contribution in [0.15, 0.2) is 0 Å². The van der Waals surface area contributed by atoms with Gasteiger partial charge in [-0.15, -0.1) is 0 Å². The zero-order valence-electron chi connectivity index (χ0n) is 13.5. The van der Waals surface area contributed by atoms with E-state index < -0.39 is 0 Å². The van der Waals surface area contributed by atoms with Crippen LogP contribution in [0.2, 0.25) is 0 Å². The van der Waals surface area contributed by atoms with E-state index >= 15 is 0 Å². The smallest absolute Gasteiger partial charge is 0.133 e. The maximum Gasteiger partial charge on any atom is 0.133 e. The molecule has 4 aliphatic carbocycles. The summed E-state index contributed by atoms with van der Waals surface area (Å²) < 4.78 is 0. The molecule has 0 aliphatic heterocycles. The molecule has 0 heterocycles. The third kappa shape index (κ3) is 1.90. The van der Waals surface area contributed by atoms with Crippen molar-refractivity contribution in [3.05, 3.63) is 0 Å². The van der Waals surface area contributed by atoms with Gasteiger partial charge in [-0.2, -0.15) is 0 Å². The first-order valence-corrected chi connectivity index (χ1v) is 8.96. The minimum atomic E-state index is 0.298. The van der Waals surface area contributed by atoms with Gasteiger partial charge in [-0.3, -0.25) is 9.59 Å². The summed E-state index contributed by atoms with van der Waals surface area (Å²) in [5.74, 6) is 3.79. The highest BCUT2D eigenvalue weighted by Gasteiger charge is 2.59. The van der Waals surface area contributed by atoms with Crippen molar-refractivity contribution in [2.45, 2.75) is 71.6 Å². The Hall–Kier alpha value is -0.660. The second kappa shape index (κ2) is 4.43. The predicted octanol–water partition coefficient (Wildman–Crippen LogP) is 4.17. The number of hydrogen-bond donors (Lipinski definition) is 0. The van der Waals surface area contributed by atoms with Crippen LogP contribution in [0.5, 0.6) is 0 Å². The molecule has 21 heavy (non-hydrogen) atoms. The lowest BCUT2D eigenvalue weighted by Crippen LogP contribution is -2.52. The normalized spacial score (nSPS) is 53.0. The van der Waals surface area contributed by atoms with Gasteiger partial charge in [0.15, 0.2) is 0 Å². The van der Waals surface area contributed by atoms with Crippen LogP contribution in [0.3, 0.4) is 0 Å². The van der Waals surface area contributed by atoms with Gasteiger partial charge in [-0.1, -0.05) is 13.8 Å². The third-order valence-corrected chi connectivity index (χ3v) is 8.05. The zero-order chi connectivity index (χ0) is 14.8. The number of carbonyl (C=O) groups is 2. The number of fused-ring (bicyclic) bond motifs is 5. The molecule has 0 amide bonds. The first kappa shape index (κ1) is 14.0. The van der Waals surface area contributed by atoms with Gasteiger partial charge in [0.2, 0.25) is 0 Å². The second-order valence-corrected chi connectivity index (χ2v) is 9.01. The predicted molar refractivity (Wildman–Crippen MR) is 81.7 cm³/mol. The molecule has 4 fully saturated rings. The van der Waals surface area contributed by atoms with Gasteiger partial charge in [0.25, 0.3) is 0 Å². The fraction of sp³-hybridized carbons (Fsp3) is 0.895. The fourth-order valence-electron chi connectivity index (χ4n) is 6.82. The van der Waals surface area contributed by atoms with E-state index in [1.165, 1.54) is 25.7 Å². The highest BCUT2D eigenvalue weighted by Crippen LogP contribution is 2.65. The summed E-state index contributed by atoms with van der Waals surface area (Å²) in [5.41, 5.74) is 0.676. The number of Topliss-reactive ketones (excluding diaryl/α,β-unsaturated/α-hetero) is 2. The van der Waals surface area contributed by atoms with E-state index in [0.717, 1.165) is 43.9 Å². The summed E-state index contributed by atoms with van der Waals surface area (Å²) >= 11 is 0. The second-order valence-electron chi connectivity index (χ2n) is 9.01. The highest BCUT2D eigenvalue weighted by molar-refractivity contribution is 5.82. The minimum Gasteiger partial charge on any atom is -0.300 e. The summed E-state index contributed by atoms with van der Waals surface area (Å²) in [7, 11) is 0. The summed E-state index contributed by atoms with van der Waals surface area (Å²) in [4.78, 5) is 23.9. The van der Waals surface area contributed by atoms with Crippen molar-refractivity contribution >= 4 is 11.6 Å². The molecule has 0 radical (unpaired) electrons. The van der Waals surface area contributed by atoms with E-state index in [4.69, 9.17) is 0 Å². The van der Waals surface area contributed by atoms with Crippen LogP contribution in [0.25, 0.3) is 0 Å². The Morgan fingerprint density at radius 3 is 2.52 bits per heavy atom. The monoisotopic (exact) mass is 288 g/mol. The maximum absolute atomic E-state index is 12.1. The SMILES string of the molecule is C[C@]12CC[C@H]3[C@H](CC[C@H]4CC(=O)CC[C@@]43C)[C@@H]1CC(=O)C2. The molecule has 0 saturated heterocycles. The Labute approximate surface area is 128 Å². The number of carbonyl (C=O) groups excluding carboxylic acids is 2. The van der Waals surface area contributed by atoms with E-state index in [9.17, 15) is 9.59 Å². The van der Waals surface area contributed by atoms with E-state index in [0.29, 0.717) is 34.2 Å². The lowest BCUT2D eigenvalue weighted by atomic mass is 9.45. The molecule has 0 N–H and O–H groups in total. The first-order chi connectivity index (χ1) is 9.92. The van der Waals surface area contributed by atoms with Gasteiger partial charge in [-0.05, 0) is 66.6 Å². The number of rotatable bonds is 0. The van der Waals surface area contributed by atoms with Crippen molar-refractivity contribution < 1.29 is 9.59 Å². The van der Waals surface area contributed by atoms with Crippen LogP contribution in [0.1, 0.15) is 71.6 Å². The molecule has 2 nitrogen and oxygen atoms in total. The molecular formula is C19H28O2. The van der Waals surface area contributed by atoms with Crippen molar-refractivity contribution in [3.8, 4) is 0 Å². The topological polar surface area (TPSA) is 34.1 Å². The number of ketones is 2. The molecule has 116 valence electrons. The van der Waals surface area contributed by atoms with E-state index in [2.05, 4.69) is 13.8 Å². The summed E-state index contributed by atoms with van der Waals surface area (Å²) in [6, 6.07) is 0. The van der Waals surface area contributed by atoms with Crippen LogP contribution < -0.4 is 0 Å². The van der Waals surface area contributed by atoms with Gasteiger partial charge in [0.05, 0.1) is 0 Å². The lowest BCUT2D eigenvalue weighted by molar-refractivity contribution is -0.137. The molecule has 0 bridgehead atoms. The first-order valence-electron chi connectivity index (χ1n) is 8.96. The van der Waals surface area contributed by atoms with Gasteiger partial charge < -0.3 is 0 Å². The van der Waals surface area contributed by atoms with Crippen molar-refractivity contribution in [2.24, 2.45) is 34.5 Å². The van der Waals surface area contributed by atoms with Gasteiger partial charge >= 0.3 is 0 Å². The molecule has 0 unspecified atom stereocenters. The van der Waals surface area contributed by atoms with Crippen LogP contribution in [-0.2, 0) is 9.59 Å². The Balaban J connectivity index is 1.65. The standard InChI is InChI=1S/C19H28O2/c1-18-7-6-16-15(17(18)10-14(21)11-18)4-3-12-9-13(20)5-8-19(12,16)2/h12,15-17H,3-11H2,1-2H3/t12-,15-,16-,17-,18+,19-/m0/s1. The van der Waals surface area contributed by atoms with Gasteiger partial charge in [0, 0.05) is 25.7 Å². The molecular weight excluding hydrogens is 260 g/mol. The largest absolute Gasteiger partial charge is 0.300 e. The Bertz CT molecular complexity index is 496. The summed E-state index contributed by atoms with van der Waals surface area (Å²) in [6.45, 7) is 4.85. The van der Waals surface area contributed by atoms with Crippen molar-refractivity contribution in [1.82, 2.24) is 0 Å². The molecule has 4 saturated carbocycles. The molecule has 2 heteroatoms. The minimum absolute atomic E-state index is 0.298. The van der Waals surface area contributed by atoms with Gasteiger partial charge in [0.1, 0.15) is 11.6 Å². The quantitative estimate of drug-likeness (QED) is 0.670. The molecule has 4 aliphatic rings. The Kier molecular flexibility index (Phi) is 2.94. The summed E-state index contributed by atoms with van der Waals surface area (Å²) in [5, 5.41) is 0. The van der Waals surface area contributed by atoms with Crippen LogP contribution in [-0.4, -0.2) is 11.6 Å². The molecule has 4 rings (SSSR count). The van der Waals surface area contributed by atoms with Gasteiger partial charge in [-0.25, -0.2) is 0 Å². The van der Waals surface area contributed by atoms with E-state index in [1.54, 1.807) is 0 Å². The fourth-order valence-corrected chi connectivity index (χ4v) is 6.82. The maximum atomic E-state index is 12.1. The van der Waals surface area contributed by atoms with Crippen molar-refractivity contribution in [1.29, 1.82) is 0 Å². The number of hydrogen-bond acceptors (Lipinski definition) is 2. The van der Waals surface area contributed by atoms with E-state index in [1.807, 2.05) is 0 Å².